The van der Waals surface area contributed by atoms with E-state index in [0.29, 0.717) is 23.8 Å². The van der Waals surface area contributed by atoms with Crippen molar-refractivity contribution in [1.29, 1.82) is 0 Å². The number of fused-ring (bicyclic) bond motifs is 1. The molecule has 0 aliphatic rings. The Bertz CT molecular complexity index is 843. The van der Waals surface area contributed by atoms with Crippen molar-refractivity contribution in [3.63, 3.8) is 0 Å². The monoisotopic (exact) mass is 364 g/mol. The van der Waals surface area contributed by atoms with Gasteiger partial charge in [-0.25, -0.2) is 9.67 Å². The lowest BCUT2D eigenvalue weighted by molar-refractivity contribution is 0.418. The molecule has 3 rings (SSSR count). The Balaban J connectivity index is 0.00000225. The van der Waals surface area contributed by atoms with Gasteiger partial charge in [0.25, 0.3) is 5.89 Å². The van der Waals surface area contributed by atoms with Crippen LogP contribution in [0.1, 0.15) is 44.8 Å². The van der Waals surface area contributed by atoms with Crippen molar-refractivity contribution in [2.45, 2.75) is 52.6 Å². The lowest BCUT2D eigenvalue weighted by Gasteiger charge is -2.10. The van der Waals surface area contributed by atoms with Gasteiger partial charge in [-0.2, -0.15) is 10.1 Å². The van der Waals surface area contributed by atoms with Crippen molar-refractivity contribution in [1.82, 2.24) is 30.2 Å². The van der Waals surface area contributed by atoms with Gasteiger partial charge < -0.3 is 9.84 Å². The minimum atomic E-state index is 0. The third-order valence-electron chi connectivity index (χ3n) is 4.38. The molecule has 0 saturated carbocycles. The van der Waals surface area contributed by atoms with Crippen LogP contribution in [0.25, 0.3) is 22.5 Å². The Kier molecular flexibility index (Phi) is 6.13. The van der Waals surface area contributed by atoms with Gasteiger partial charge in [0.05, 0.1) is 23.2 Å². The molecule has 25 heavy (non-hydrogen) atoms. The highest BCUT2D eigenvalue weighted by Gasteiger charge is 2.18. The number of hydrogen-bond donors (Lipinski definition) is 1. The zero-order valence-electron chi connectivity index (χ0n) is 15.3. The highest BCUT2D eigenvalue weighted by atomic mass is 35.5. The number of aryl methyl sites for hydroxylation is 1. The fraction of sp³-hybridized carbons (Fsp3) is 0.529. The van der Waals surface area contributed by atoms with Crippen molar-refractivity contribution in [2.24, 2.45) is 0 Å². The first-order valence-corrected chi connectivity index (χ1v) is 8.38. The van der Waals surface area contributed by atoms with Gasteiger partial charge in [-0.1, -0.05) is 12.1 Å². The third-order valence-corrected chi connectivity index (χ3v) is 4.38. The topological polar surface area (TPSA) is 81.7 Å². The van der Waals surface area contributed by atoms with Crippen molar-refractivity contribution in [3.05, 3.63) is 23.8 Å². The van der Waals surface area contributed by atoms with E-state index in [0.717, 1.165) is 35.1 Å². The molecule has 0 spiro atoms. The molecule has 0 radical (unpaired) electrons. The number of likely N-dealkylation sites (N-methyl/N-ethyl adjacent to an activating group) is 1. The maximum Gasteiger partial charge on any atom is 0.258 e. The first-order chi connectivity index (χ1) is 11.5. The second-order valence-corrected chi connectivity index (χ2v) is 6.30. The molecule has 0 aromatic carbocycles. The van der Waals surface area contributed by atoms with E-state index in [1.54, 1.807) is 0 Å². The molecule has 7 nitrogen and oxygen atoms in total. The average Bonchev–Trinajstić information content (AvgIpc) is 3.20. The molecule has 3 heterocycles. The minimum absolute atomic E-state index is 0. The van der Waals surface area contributed by atoms with Gasteiger partial charge in [0.1, 0.15) is 0 Å². The van der Waals surface area contributed by atoms with Crippen LogP contribution in [0.2, 0.25) is 0 Å². The minimum Gasteiger partial charge on any atom is -0.334 e. The van der Waals surface area contributed by atoms with E-state index in [1.165, 1.54) is 0 Å². The fourth-order valence-corrected chi connectivity index (χ4v) is 2.64. The van der Waals surface area contributed by atoms with Gasteiger partial charge in [-0.05, 0) is 40.3 Å². The van der Waals surface area contributed by atoms with Gasteiger partial charge >= 0.3 is 0 Å². The van der Waals surface area contributed by atoms with E-state index >= 15 is 0 Å². The molecule has 0 aliphatic carbocycles. The van der Waals surface area contributed by atoms with Crippen LogP contribution < -0.4 is 5.32 Å². The van der Waals surface area contributed by atoms with Crippen LogP contribution in [0.15, 0.2) is 16.8 Å². The Morgan fingerprint density at radius 3 is 2.72 bits per heavy atom. The number of hydrogen-bond acceptors (Lipinski definition) is 6. The molecule has 2 unspecified atom stereocenters. The smallest absolute Gasteiger partial charge is 0.258 e. The summed E-state index contributed by atoms with van der Waals surface area (Å²) in [5.74, 6) is 1.22. The van der Waals surface area contributed by atoms with Crippen LogP contribution in [0.3, 0.4) is 0 Å². The van der Waals surface area contributed by atoms with Crippen molar-refractivity contribution in [3.8, 4) is 11.5 Å². The maximum absolute atomic E-state index is 5.50. The number of nitrogens with zero attached hydrogens (tertiary/aromatic N) is 5. The number of halogens is 1. The highest BCUT2D eigenvalue weighted by molar-refractivity contribution is 5.90. The van der Waals surface area contributed by atoms with Crippen LogP contribution in [0, 0.1) is 6.92 Å². The van der Waals surface area contributed by atoms with E-state index in [-0.39, 0.29) is 12.4 Å². The first-order valence-electron chi connectivity index (χ1n) is 8.38. The Labute approximate surface area is 153 Å². The van der Waals surface area contributed by atoms with Gasteiger partial charge in [0.15, 0.2) is 11.5 Å². The van der Waals surface area contributed by atoms with Crippen LogP contribution in [-0.2, 0) is 6.42 Å². The highest BCUT2D eigenvalue weighted by Crippen LogP contribution is 2.29. The molecule has 136 valence electrons. The summed E-state index contributed by atoms with van der Waals surface area (Å²) in [5, 5.41) is 12.7. The quantitative estimate of drug-likeness (QED) is 0.722. The molecule has 0 bridgehead atoms. The van der Waals surface area contributed by atoms with E-state index < -0.39 is 0 Å². The summed E-state index contributed by atoms with van der Waals surface area (Å²) in [6, 6.07) is 2.56. The lowest BCUT2D eigenvalue weighted by Crippen LogP contribution is -2.24. The number of aromatic nitrogens is 5. The van der Waals surface area contributed by atoms with Crippen molar-refractivity contribution < 1.29 is 4.52 Å². The molecule has 1 N–H and O–H groups in total. The van der Waals surface area contributed by atoms with E-state index in [4.69, 9.17) is 4.52 Å². The SMILES string of the molecule is CCC(C)n1ncc2c(-c3nc(CC(C)NC)no3)cc(C)nc21.Cl. The Morgan fingerprint density at radius 2 is 2.04 bits per heavy atom. The molecule has 2 atom stereocenters. The zero-order chi connectivity index (χ0) is 17.3. The number of pyridine rings is 1. The molecule has 3 aromatic heterocycles. The summed E-state index contributed by atoms with van der Waals surface area (Å²) in [7, 11) is 1.92. The summed E-state index contributed by atoms with van der Waals surface area (Å²) in [5.41, 5.74) is 2.66. The normalized spacial score (nSPS) is 13.6. The summed E-state index contributed by atoms with van der Waals surface area (Å²) >= 11 is 0. The molecule has 0 aliphatic heterocycles. The van der Waals surface area contributed by atoms with Crippen LogP contribution in [0.4, 0.5) is 0 Å². The molecule has 0 fully saturated rings. The molecule has 0 amide bonds. The third kappa shape index (κ3) is 3.82. The summed E-state index contributed by atoms with van der Waals surface area (Å²) in [6.45, 7) is 8.33. The van der Waals surface area contributed by atoms with Gasteiger partial charge in [-0.3, -0.25) is 0 Å². The first kappa shape index (κ1) is 19.3. The van der Waals surface area contributed by atoms with Gasteiger partial charge in [0, 0.05) is 18.2 Å². The van der Waals surface area contributed by atoms with Crippen molar-refractivity contribution in [2.75, 3.05) is 7.05 Å². The lowest BCUT2D eigenvalue weighted by atomic mass is 10.1. The average molecular weight is 365 g/mol. The largest absolute Gasteiger partial charge is 0.334 e. The van der Waals surface area contributed by atoms with E-state index in [1.807, 2.05) is 30.9 Å². The van der Waals surface area contributed by atoms with Gasteiger partial charge in [-0.15, -0.1) is 12.4 Å². The van der Waals surface area contributed by atoms with Gasteiger partial charge in [0.2, 0.25) is 0 Å². The summed E-state index contributed by atoms with van der Waals surface area (Å²) in [6.07, 6.45) is 3.55. The van der Waals surface area contributed by atoms with E-state index in [9.17, 15) is 0 Å². The zero-order valence-corrected chi connectivity index (χ0v) is 16.1. The molecular weight excluding hydrogens is 340 g/mol. The second kappa shape index (κ2) is 7.93. The van der Waals surface area contributed by atoms with Crippen LogP contribution in [0.5, 0.6) is 0 Å². The number of rotatable bonds is 6. The van der Waals surface area contributed by atoms with Crippen LogP contribution >= 0.6 is 12.4 Å². The molecule has 8 heteroatoms. The summed E-state index contributed by atoms with van der Waals surface area (Å²) in [4.78, 5) is 9.21. The Hall–Kier alpha value is -1.99. The predicted octanol–water partition coefficient (Wildman–Crippen LogP) is 3.33. The molecule has 3 aromatic rings. The number of nitrogens with one attached hydrogen (secondary N) is 1. The predicted molar refractivity (Wildman–Crippen MR) is 100 cm³/mol. The van der Waals surface area contributed by atoms with Crippen LogP contribution in [-0.4, -0.2) is 38.0 Å². The standard InChI is InChI=1S/C17H24N6O.ClH/c1-6-12(4)23-16-14(9-19-23)13(7-11(3)20-16)17-21-15(22-24-17)8-10(2)18-5;/h7,9-10,12,18H,6,8H2,1-5H3;1H. The maximum atomic E-state index is 5.50. The van der Waals surface area contributed by atoms with E-state index in [2.05, 4.69) is 46.3 Å². The Morgan fingerprint density at radius 1 is 1.28 bits per heavy atom. The molecule has 0 saturated heterocycles. The fourth-order valence-electron chi connectivity index (χ4n) is 2.64. The summed E-state index contributed by atoms with van der Waals surface area (Å²) < 4.78 is 7.47. The second-order valence-electron chi connectivity index (χ2n) is 6.30. The van der Waals surface area contributed by atoms with Crippen molar-refractivity contribution >= 4 is 23.4 Å². The molecular formula is C17H25ClN6O.